The maximum Gasteiger partial charge on any atom is 0.308 e. The van der Waals surface area contributed by atoms with Crippen molar-refractivity contribution in [2.75, 3.05) is 34.7 Å². The topological polar surface area (TPSA) is 176 Å². The van der Waals surface area contributed by atoms with Crippen LogP contribution >= 0.6 is 23.2 Å². The number of imidazole rings is 1. The quantitative estimate of drug-likeness (QED) is 0.110. The first kappa shape index (κ1) is 57.5. The van der Waals surface area contributed by atoms with Gasteiger partial charge in [0, 0.05) is 73.8 Å². The molecule has 0 bridgehead atoms. The zero-order valence-electron chi connectivity index (χ0n) is 44.6. The summed E-state index contributed by atoms with van der Waals surface area (Å²) in [5.74, 6) is -2.68. The Kier molecular flexibility index (Phi) is 19.7. The van der Waals surface area contributed by atoms with Crippen LogP contribution in [0.15, 0.2) is 103 Å². The third kappa shape index (κ3) is 16.1. The van der Waals surface area contributed by atoms with Gasteiger partial charge in [0.2, 0.25) is 29.5 Å². The fourth-order valence-corrected chi connectivity index (χ4v) is 9.14. The summed E-state index contributed by atoms with van der Waals surface area (Å²) in [5, 5.41) is 6.61. The summed E-state index contributed by atoms with van der Waals surface area (Å²) in [7, 11) is 9.09. The molecular weight excluding hydrogens is 996 g/mol. The number of amides is 5. The fourth-order valence-electron chi connectivity index (χ4n) is 8.86. The highest BCUT2D eigenvalue weighted by Crippen LogP contribution is 2.33. The van der Waals surface area contributed by atoms with Gasteiger partial charge in [0.15, 0.2) is 0 Å². The summed E-state index contributed by atoms with van der Waals surface area (Å²) < 4.78 is 14.2. The average molecular weight is 1070 g/mol. The molecule has 16 nitrogen and oxygen atoms in total. The van der Waals surface area contributed by atoms with Gasteiger partial charge in [-0.25, -0.2) is 4.98 Å². The molecule has 0 aliphatic carbocycles. The molecule has 0 unspecified atom stereocenters. The Morgan fingerprint density at radius 3 is 2.11 bits per heavy atom. The molecule has 1 aromatic heterocycles. The molecule has 4 aromatic carbocycles. The minimum absolute atomic E-state index is 0.0714. The Bertz CT molecular complexity index is 2800. The molecule has 0 saturated carbocycles. The third-order valence-electron chi connectivity index (χ3n) is 13.3. The fraction of sp³-hybridized carbons (Fsp3) is 0.421. The van der Waals surface area contributed by atoms with Crippen LogP contribution in [0.4, 0.5) is 0 Å². The molecule has 2 heterocycles. The summed E-state index contributed by atoms with van der Waals surface area (Å²) in [6.45, 7) is 8.95. The SMILES string of the molecule is C[C@H]1CNC(=O)C[C@H](Cc2ccc(Cl)cc2)N(C)C(=O)[C@H](CC(=O)OC(C)(C)C)NC(=O)[C@H](C)N(Cc2ccc(Cl)cc2Oc2ccc(-c3cnc(CN(C)C)n3C)cc2)C(=O)C[C@@H](Cc2ccccc2)C(=O)N1C. The highest BCUT2D eigenvalue weighted by Gasteiger charge is 2.38. The number of rotatable bonds is 13. The molecule has 400 valence electrons. The van der Waals surface area contributed by atoms with Gasteiger partial charge in [0.1, 0.15) is 35.0 Å². The van der Waals surface area contributed by atoms with Gasteiger partial charge < -0.3 is 44.3 Å². The minimum Gasteiger partial charge on any atom is -0.460 e. The lowest BCUT2D eigenvalue weighted by Gasteiger charge is -2.35. The van der Waals surface area contributed by atoms with E-state index in [2.05, 4.69) is 15.6 Å². The largest absolute Gasteiger partial charge is 0.460 e. The van der Waals surface area contributed by atoms with E-state index in [0.29, 0.717) is 33.7 Å². The predicted octanol–water partition coefficient (Wildman–Crippen LogP) is 7.87. The van der Waals surface area contributed by atoms with Gasteiger partial charge in [-0.1, -0.05) is 71.7 Å². The van der Waals surface area contributed by atoms with Crippen LogP contribution in [0.25, 0.3) is 11.3 Å². The van der Waals surface area contributed by atoms with Gasteiger partial charge in [-0.05, 0) is 121 Å². The Hall–Kier alpha value is -6.75. The average Bonchev–Trinajstić information content (AvgIpc) is 3.71. The molecule has 5 atom stereocenters. The lowest BCUT2D eigenvalue weighted by Crippen LogP contribution is -2.57. The number of benzene rings is 4. The van der Waals surface area contributed by atoms with Crippen LogP contribution in [0.2, 0.25) is 10.0 Å². The van der Waals surface area contributed by atoms with E-state index >= 15 is 4.79 Å². The monoisotopic (exact) mass is 1060 g/mol. The first-order valence-electron chi connectivity index (χ1n) is 25.1. The summed E-state index contributed by atoms with van der Waals surface area (Å²) in [4.78, 5) is 97.9. The smallest absolute Gasteiger partial charge is 0.308 e. The molecular formula is C57H70Cl2N8O8. The van der Waals surface area contributed by atoms with Gasteiger partial charge in [-0.15, -0.1) is 0 Å². The second-order valence-electron chi connectivity index (χ2n) is 20.6. The van der Waals surface area contributed by atoms with E-state index in [1.54, 1.807) is 77.2 Å². The zero-order chi connectivity index (χ0) is 54.7. The Morgan fingerprint density at radius 2 is 1.45 bits per heavy atom. The molecule has 75 heavy (non-hydrogen) atoms. The Morgan fingerprint density at radius 1 is 0.800 bits per heavy atom. The molecule has 1 aliphatic heterocycles. The first-order chi connectivity index (χ1) is 35.5. The number of halogens is 2. The molecule has 6 rings (SSSR count). The van der Waals surface area contributed by atoms with Crippen LogP contribution in [-0.2, 0) is 66.5 Å². The molecule has 5 amide bonds. The third-order valence-corrected chi connectivity index (χ3v) is 13.7. The molecule has 5 aromatic rings. The van der Waals surface area contributed by atoms with E-state index in [1.807, 2.05) is 91.4 Å². The van der Waals surface area contributed by atoms with Gasteiger partial charge >= 0.3 is 5.97 Å². The Balaban J connectivity index is 1.40. The van der Waals surface area contributed by atoms with Gasteiger partial charge in [0.25, 0.3) is 0 Å². The summed E-state index contributed by atoms with van der Waals surface area (Å²) in [5.41, 5.74) is 2.98. The number of esters is 1. The molecule has 1 fully saturated rings. The van der Waals surface area contributed by atoms with Crippen molar-refractivity contribution in [3.05, 3.63) is 136 Å². The van der Waals surface area contributed by atoms with Crippen LogP contribution in [0.3, 0.4) is 0 Å². The number of nitrogens with one attached hydrogen (secondary N) is 2. The van der Waals surface area contributed by atoms with E-state index in [1.165, 1.54) is 28.7 Å². The highest BCUT2D eigenvalue weighted by molar-refractivity contribution is 6.31. The number of nitrogens with zero attached hydrogens (tertiary/aromatic N) is 6. The zero-order valence-corrected chi connectivity index (χ0v) is 46.1. The van der Waals surface area contributed by atoms with Crippen molar-refractivity contribution < 1.29 is 38.2 Å². The van der Waals surface area contributed by atoms with Crippen molar-refractivity contribution in [3.8, 4) is 22.8 Å². The number of likely N-dealkylation sites (N-methyl/N-ethyl adjacent to an activating group) is 2. The summed E-state index contributed by atoms with van der Waals surface area (Å²) >= 11 is 12.8. The molecule has 0 spiro atoms. The number of hydrogen-bond donors (Lipinski definition) is 2. The van der Waals surface area contributed by atoms with E-state index in [4.69, 9.17) is 32.7 Å². The van der Waals surface area contributed by atoms with E-state index in [-0.39, 0.29) is 44.7 Å². The number of carbonyl (C=O) groups is 6. The molecule has 2 N–H and O–H groups in total. The minimum atomic E-state index is -1.49. The highest BCUT2D eigenvalue weighted by atomic mass is 35.5. The van der Waals surface area contributed by atoms with Crippen molar-refractivity contribution in [2.45, 2.75) is 110 Å². The summed E-state index contributed by atoms with van der Waals surface area (Å²) in [6.07, 6.45) is 1.19. The van der Waals surface area contributed by atoms with Crippen molar-refractivity contribution >= 4 is 58.7 Å². The van der Waals surface area contributed by atoms with E-state index < -0.39 is 71.7 Å². The van der Waals surface area contributed by atoms with Crippen molar-refractivity contribution in [1.29, 1.82) is 0 Å². The number of carbonyl (C=O) groups excluding carboxylic acids is 6. The maximum absolute atomic E-state index is 15.2. The molecule has 18 heteroatoms. The van der Waals surface area contributed by atoms with Crippen molar-refractivity contribution in [2.24, 2.45) is 13.0 Å². The number of ether oxygens (including phenoxy) is 2. The first-order valence-corrected chi connectivity index (χ1v) is 25.8. The molecule has 0 radical (unpaired) electrons. The van der Waals surface area contributed by atoms with Crippen LogP contribution in [0.1, 0.15) is 76.4 Å². The van der Waals surface area contributed by atoms with Crippen LogP contribution in [-0.4, -0.2) is 129 Å². The van der Waals surface area contributed by atoms with Crippen LogP contribution < -0.4 is 15.4 Å². The second kappa shape index (κ2) is 25.7. The van der Waals surface area contributed by atoms with Crippen LogP contribution in [0, 0.1) is 5.92 Å². The molecule has 1 saturated heterocycles. The van der Waals surface area contributed by atoms with E-state index in [9.17, 15) is 24.0 Å². The van der Waals surface area contributed by atoms with E-state index in [0.717, 1.165) is 28.2 Å². The number of hydrogen-bond acceptors (Lipinski definition) is 10. The second-order valence-corrected chi connectivity index (χ2v) is 21.5. The standard InChI is InChI=1S/C57H70Cl2N8O8/c1-36-32-61-51(68)30-45(27-39-16-21-43(58)22-17-39)65(9)56(73)47(31-53(70)75-57(3,4)5)62-54(71)37(2)67(52(69)28-42(55(72)64(36)8)26-38-14-12-11-13-15-38)34-41-18-23-44(59)29-49(41)74-46-24-19-40(20-25-46)48-33-60-50(66(48)10)35-63(6)7/h11-25,29,33,36-37,42,45,47H,26-28,30-32,34-35H2,1-10H3,(H,61,68)(H,62,71)/t36-,37-,42+,45-,47-/m0/s1. The van der Waals surface area contributed by atoms with Crippen LogP contribution in [0.5, 0.6) is 11.5 Å². The maximum atomic E-state index is 15.2. The van der Waals surface area contributed by atoms with Crippen molar-refractivity contribution in [3.63, 3.8) is 0 Å². The molecule has 1 aliphatic rings. The normalized spacial score (nSPS) is 19.9. The Labute approximate surface area is 450 Å². The predicted molar refractivity (Wildman–Crippen MR) is 290 cm³/mol. The van der Waals surface area contributed by atoms with Gasteiger partial charge in [-0.3, -0.25) is 28.8 Å². The van der Waals surface area contributed by atoms with Gasteiger partial charge in [-0.2, -0.15) is 0 Å². The lowest BCUT2D eigenvalue weighted by atomic mass is 9.93. The van der Waals surface area contributed by atoms with Crippen molar-refractivity contribution in [1.82, 2.24) is 39.8 Å². The number of aromatic nitrogens is 2. The summed E-state index contributed by atoms with van der Waals surface area (Å²) in [6, 6.07) is 24.7. The van der Waals surface area contributed by atoms with Gasteiger partial charge in [0.05, 0.1) is 37.3 Å². The lowest BCUT2D eigenvalue weighted by molar-refractivity contribution is -0.158.